The van der Waals surface area contributed by atoms with E-state index in [1.165, 1.54) is 44.2 Å². The minimum absolute atomic E-state index is 0.111. The maximum Gasteiger partial charge on any atom is 0.254 e. The number of nitrogens with zero attached hydrogens (tertiary/aromatic N) is 3. The lowest BCUT2D eigenvalue weighted by Crippen LogP contribution is -2.52. The lowest BCUT2D eigenvalue weighted by atomic mass is 9.93. The van der Waals surface area contributed by atoms with Gasteiger partial charge in [0.05, 0.1) is 0 Å². The van der Waals surface area contributed by atoms with E-state index < -0.39 is 5.82 Å². The van der Waals surface area contributed by atoms with E-state index >= 15 is 0 Å². The Morgan fingerprint density at radius 2 is 1.48 bits per heavy atom. The van der Waals surface area contributed by atoms with Crippen LogP contribution in [0.3, 0.4) is 0 Å². The lowest BCUT2D eigenvalue weighted by Gasteiger charge is -2.40. The Morgan fingerprint density at radius 1 is 0.758 bits per heavy atom. The number of hydrogen-bond donors (Lipinski definition) is 0. The van der Waals surface area contributed by atoms with Crippen molar-refractivity contribution in [2.75, 3.05) is 32.7 Å². The van der Waals surface area contributed by atoms with E-state index in [4.69, 9.17) is 0 Å². The molecule has 2 fully saturated rings. The highest BCUT2D eigenvalue weighted by molar-refractivity contribution is 5.95. The van der Waals surface area contributed by atoms with Gasteiger partial charge >= 0.3 is 0 Å². The fourth-order valence-electron chi connectivity index (χ4n) is 5.58. The van der Waals surface area contributed by atoms with Gasteiger partial charge in [-0.2, -0.15) is 0 Å². The maximum absolute atomic E-state index is 13.5. The Labute approximate surface area is 195 Å². The number of halogens is 1. The first kappa shape index (κ1) is 22.1. The molecule has 0 spiro atoms. The normalized spacial score (nSPS) is 19.9. The van der Waals surface area contributed by atoms with Crippen molar-refractivity contribution in [3.63, 3.8) is 0 Å². The summed E-state index contributed by atoms with van der Waals surface area (Å²) in [4.78, 5) is 32.3. The van der Waals surface area contributed by atoms with E-state index in [1.807, 2.05) is 23.1 Å². The van der Waals surface area contributed by atoms with Crippen molar-refractivity contribution in [2.45, 2.75) is 51.1 Å². The Kier molecular flexibility index (Phi) is 6.45. The lowest BCUT2D eigenvalue weighted by molar-refractivity contribution is 0.0522. The maximum atomic E-state index is 13.5. The Hall–Kier alpha value is -2.73. The van der Waals surface area contributed by atoms with Crippen LogP contribution in [-0.4, -0.2) is 65.3 Å². The Balaban J connectivity index is 1.21. The highest BCUT2D eigenvalue weighted by atomic mass is 19.1. The molecule has 3 aliphatic rings. The van der Waals surface area contributed by atoms with Crippen LogP contribution in [-0.2, 0) is 13.0 Å². The molecule has 1 saturated carbocycles. The third kappa shape index (κ3) is 4.81. The highest BCUT2D eigenvalue weighted by Gasteiger charge is 2.28. The molecule has 2 aromatic rings. The number of amides is 2. The van der Waals surface area contributed by atoms with Gasteiger partial charge in [0, 0.05) is 56.4 Å². The van der Waals surface area contributed by atoms with Gasteiger partial charge in [0.2, 0.25) is 0 Å². The summed E-state index contributed by atoms with van der Waals surface area (Å²) in [6.45, 7) is 4.58. The van der Waals surface area contributed by atoms with Gasteiger partial charge < -0.3 is 9.80 Å². The number of benzene rings is 2. The summed E-state index contributed by atoms with van der Waals surface area (Å²) in [5.41, 5.74) is 3.30. The van der Waals surface area contributed by atoms with Gasteiger partial charge in [0.1, 0.15) is 5.82 Å². The first-order chi connectivity index (χ1) is 16.1. The van der Waals surface area contributed by atoms with E-state index in [0.29, 0.717) is 31.1 Å². The summed E-state index contributed by atoms with van der Waals surface area (Å²) in [5, 5.41) is 0. The van der Waals surface area contributed by atoms with Gasteiger partial charge in [-0.15, -0.1) is 0 Å². The molecular formula is C27H32FN3O2. The average molecular weight is 450 g/mol. The van der Waals surface area contributed by atoms with Crippen LogP contribution < -0.4 is 0 Å². The quantitative estimate of drug-likeness (QED) is 0.708. The van der Waals surface area contributed by atoms with Crippen LogP contribution >= 0.6 is 0 Å². The minimum Gasteiger partial charge on any atom is -0.336 e. The molecule has 2 aliphatic heterocycles. The first-order valence-electron chi connectivity index (χ1n) is 12.3. The van der Waals surface area contributed by atoms with Gasteiger partial charge in [-0.25, -0.2) is 4.39 Å². The van der Waals surface area contributed by atoms with Gasteiger partial charge in [0.15, 0.2) is 0 Å². The summed E-state index contributed by atoms with van der Waals surface area (Å²) in [7, 11) is 0. The molecule has 5 nitrogen and oxygen atoms in total. The van der Waals surface area contributed by atoms with Crippen LogP contribution in [0.25, 0.3) is 0 Å². The minimum atomic E-state index is -0.402. The highest BCUT2D eigenvalue weighted by Crippen LogP contribution is 2.25. The number of carbonyl (C=O) groups is 2. The molecule has 1 aliphatic carbocycles. The molecule has 1 saturated heterocycles. The number of carbonyl (C=O) groups excluding carboxylic acids is 2. The van der Waals surface area contributed by atoms with Gasteiger partial charge in [0.25, 0.3) is 11.8 Å². The van der Waals surface area contributed by atoms with Crippen molar-refractivity contribution < 1.29 is 14.0 Å². The number of fused-ring (bicyclic) bond motifs is 1. The summed E-state index contributed by atoms with van der Waals surface area (Å²) < 4.78 is 13.5. The molecule has 0 N–H and O–H groups in total. The molecular weight excluding hydrogens is 417 g/mol. The SMILES string of the molecule is O=C(c1ccc2c(c1)CCN(C(=O)c1cccc(F)c1)C2)N1CCN(C2CCCCC2)CC1. The number of piperazine rings is 1. The second-order valence-corrected chi connectivity index (χ2v) is 9.59. The Bertz CT molecular complexity index is 1030. The van der Waals surface area contributed by atoms with Crippen molar-refractivity contribution >= 4 is 11.8 Å². The molecule has 2 heterocycles. The second kappa shape index (κ2) is 9.64. The first-order valence-corrected chi connectivity index (χ1v) is 12.3. The van der Waals surface area contributed by atoms with Crippen LogP contribution in [0.15, 0.2) is 42.5 Å². The number of rotatable bonds is 3. The molecule has 2 aromatic carbocycles. The topological polar surface area (TPSA) is 43.9 Å². The average Bonchev–Trinajstić information content (AvgIpc) is 2.88. The molecule has 33 heavy (non-hydrogen) atoms. The van der Waals surface area contributed by atoms with Crippen LogP contribution in [0.1, 0.15) is 63.9 Å². The van der Waals surface area contributed by atoms with Crippen molar-refractivity contribution in [3.05, 3.63) is 70.5 Å². The van der Waals surface area contributed by atoms with Crippen molar-refractivity contribution in [2.24, 2.45) is 0 Å². The van der Waals surface area contributed by atoms with Crippen molar-refractivity contribution in [1.29, 1.82) is 0 Å². The predicted octanol–water partition coefficient (Wildman–Crippen LogP) is 4.11. The van der Waals surface area contributed by atoms with Gasteiger partial charge in [-0.1, -0.05) is 31.4 Å². The van der Waals surface area contributed by atoms with E-state index in [1.54, 1.807) is 17.0 Å². The molecule has 174 valence electrons. The molecule has 0 aromatic heterocycles. The summed E-state index contributed by atoms with van der Waals surface area (Å²) >= 11 is 0. The molecule has 5 rings (SSSR count). The van der Waals surface area contributed by atoms with Crippen LogP contribution in [0.2, 0.25) is 0 Å². The summed E-state index contributed by atoms with van der Waals surface area (Å²) in [6, 6.07) is 12.4. The molecule has 2 amide bonds. The van der Waals surface area contributed by atoms with Crippen molar-refractivity contribution in [1.82, 2.24) is 14.7 Å². The fraction of sp³-hybridized carbons (Fsp3) is 0.481. The van der Waals surface area contributed by atoms with E-state index in [2.05, 4.69) is 4.90 Å². The van der Waals surface area contributed by atoms with Gasteiger partial charge in [-0.05, 0) is 60.7 Å². The molecule has 0 atom stereocenters. The third-order valence-corrected chi connectivity index (χ3v) is 7.52. The zero-order chi connectivity index (χ0) is 22.8. The third-order valence-electron chi connectivity index (χ3n) is 7.52. The van der Waals surface area contributed by atoms with Crippen LogP contribution in [0, 0.1) is 5.82 Å². The largest absolute Gasteiger partial charge is 0.336 e. The van der Waals surface area contributed by atoms with E-state index in [0.717, 1.165) is 42.9 Å². The van der Waals surface area contributed by atoms with Crippen LogP contribution in [0.4, 0.5) is 4.39 Å². The zero-order valence-electron chi connectivity index (χ0n) is 19.1. The van der Waals surface area contributed by atoms with E-state index in [-0.39, 0.29) is 11.8 Å². The van der Waals surface area contributed by atoms with Gasteiger partial charge in [-0.3, -0.25) is 14.5 Å². The Morgan fingerprint density at radius 3 is 2.24 bits per heavy atom. The smallest absolute Gasteiger partial charge is 0.254 e. The molecule has 0 radical (unpaired) electrons. The zero-order valence-corrected chi connectivity index (χ0v) is 19.1. The van der Waals surface area contributed by atoms with Crippen LogP contribution in [0.5, 0.6) is 0 Å². The predicted molar refractivity (Wildman–Crippen MR) is 126 cm³/mol. The second-order valence-electron chi connectivity index (χ2n) is 9.59. The summed E-state index contributed by atoms with van der Waals surface area (Å²) in [6.07, 6.45) is 7.35. The van der Waals surface area contributed by atoms with E-state index in [9.17, 15) is 14.0 Å². The molecule has 0 unspecified atom stereocenters. The monoisotopic (exact) mass is 449 g/mol. The fourth-order valence-corrected chi connectivity index (χ4v) is 5.58. The number of hydrogen-bond acceptors (Lipinski definition) is 3. The van der Waals surface area contributed by atoms with Crippen molar-refractivity contribution in [3.8, 4) is 0 Å². The summed E-state index contributed by atoms with van der Waals surface area (Å²) in [5.74, 6) is -0.448. The standard InChI is InChI=1S/C27H32FN3O2/c28-24-6-4-5-21(18-24)27(33)31-12-11-20-17-22(9-10-23(20)19-31)26(32)30-15-13-29(14-16-30)25-7-2-1-3-8-25/h4-6,9-10,17-18,25H,1-3,7-8,11-16,19H2. The molecule has 6 heteroatoms. The molecule has 0 bridgehead atoms.